The van der Waals surface area contributed by atoms with E-state index in [9.17, 15) is 31.2 Å². The monoisotopic (exact) mass is 845 g/mol. The van der Waals surface area contributed by atoms with E-state index in [4.69, 9.17) is 16.2 Å². The Bertz CT molecular complexity index is 2180. The smallest absolute Gasteiger partial charge is 0.264 e. The average molecular weight is 847 g/mol. The standard InChI is InChI=1S/C36H43N7O8S2.BrH/c1-3-40-20-22-41(23-21-40)19-18-36(46)39-26-8-12-28(13-9-26)52(47,48)42(24-34(37)44)32-16-17-33(31-7-5-4-6-30(31)32)43(25-35(38)45)53(49,50)29-14-10-27(51-2)11-15-29;/h4-17H,3,18-25H2,1-2H3,(H2,37,44)(H2,38,45)(H,39,46);1H. The number of nitrogens with two attached hydrogens (primary N) is 2. The Kier molecular flexibility index (Phi) is 14.0. The summed E-state index contributed by atoms with van der Waals surface area (Å²) in [5.74, 6) is -1.67. The van der Waals surface area contributed by atoms with Crippen molar-refractivity contribution in [3.05, 3.63) is 84.9 Å². The first-order valence-electron chi connectivity index (χ1n) is 16.9. The second-order valence-electron chi connectivity index (χ2n) is 12.4. The summed E-state index contributed by atoms with van der Waals surface area (Å²) >= 11 is 0. The van der Waals surface area contributed by atoms with Crippen LogP contribution in [0.2, 0.25) is 0 Å². The van der Waals surface area contributed by atoms with Crippen molar-refractivity contribution in [2.45, 2.75) is 23.1 Å². The average Bonchev–Trinajstić information content (AvgIpc) is 3.15. The van der Waals surface area contributed by atoms with E-state index in [2.05, 4.69) is 22.0 Å². The molecule has 0 spiro atoms. The molecule has 5 N–H and O–H groups in total. The van der Waals surface area contributed by atoms with Crippen molar-refractivity contribution in [3.63, 3.8) is 0 Å². The van der Waals surface area contributed by atoms with Crippen molar-refractivity contribution >= 4 is 82.6 Å². The molecule has 1 heterocycles. The Hall–Kier alpha value is -4.75. The number of ether oxygens (including phenoxy) is 1. The quantitative estimate of drug-likeness (QED) is 0.150. The maximum absolute atomic E-state index is 14.2. The fraction of sp³-hybridized carbons (Fsp3) is 0.306. The molecule has 290 valence electrons. The number of primary amides is 2. The summed E-state index contributed by atoms with van der Waals surface area (Å²) in [6, 6.07) is 20.1. The number of nitrogens with zero attached hydrogens (tertiary/aromatic N) is 4. The zero-order chi connectivity index (χ0) is 38.3. The highest BCUT2D eigenvalue weighted by Gasteiger charge is 2.32. The van der Waals surface area contributed by atoms with Gasteiger partial charge in [0.2, 0.25) is 17.7 Å². The lowest BCUT2D eigenvalue weighted by atomic mass is 10.1. The summed E-state index contributed by atoms with van der Waals surface area (Å²) in [6.45, 7) is 5.97. The molecule has 0 radical (unpaired) electrons. The van der Waals surface area contributed by atoms with Gasteiger partial charge in [0.15, 0.2) is 0 Å². The molecule has 1 fully saturated rings. The third-order valence-electron chi connectivity index (χ3n) is 8.96. The molecule has 54 heavy (non-hydrogen) atoms. The molecular formula is C36H44BrN7O8S2. The van der Waals surface area contributed by atoms with Gasteiger partial charge in [0.25, 0.3) is 20.0 Å². The first-order chi connectivity index (χ1) is 25.2. The van der Waals surface area contributed by atoms with E-state index in [0.717, 1.165) is 41.3 Å². The summed E-state index contributed by atoms with van der Waals surface area (Å²) < 4.78 is 63.0. The molecule has 1 aliphatic rings. The lowest BCUT2D eigenvalue weighted by molar-refractivity contribution is -0.117. The van der Waals surface area contributed by atoms with E-state index in [1.165, 1.54) is 67.8 Å². The van der Waals surface area contributed by atoms with Crippen molar-refractivity contribution in [2.24, 2.45) is 11.5 Å². The Labute approximate surface area is 325 Å². The highest BCUT2D eigenvalue weighted by molar-refractivity contribution is 8.93. The minimum Gasteiger partial charge on any atom is -0.497 e. The Morgan fingerprint density at radius 3 is 1.57 bits per heavy atom. The van der Waals surface area contributed by atoms with Crippen molar-refractivity contribution in [1.82, 2.24) is 9.80 Å². The van der Waals surface area contributed by atoms with Crippen LogP contribution in [0.5, 0.6) is 5.75 Å². The molecule has 3 amide bonds. The Morgan fingerprint density at radius 2 is 1.15 bits per heavy atom. The molecule has 4 aromatic rings. The topological polar surface area (TPSA) is 206 Å². The highest BCUT2D eigenvalue weighted by Crippen LogP contribution is 2.38. The highest BCUT2D eigenvalue weighted by atomic mass is 79.9. The Morgan fingerprint density at radius 1 is 0.704 bits per heavy atom. The largest absolute Gasteiger partial charge is 0.497 e. The third-order valence-corrected chi connectivity index (χ3v) is 12.5. The van der Waals surface area contributed by atoms with Crippen LogP contribution < -0.4 is 30.1 Å². The number of carbonyl (C=O) groups is 3. The second kappa shape index (κ2) is 18.1. The number of benzene rings is 4. The summed E-state index contributed by atoms with van der Waals surface area (Å²) in [4.78, 5) is 41.5. The zero-order valence-electron chi connectivity index (χ0n) is 29.9. The number of methoxy groups -OCH3 is 1. The van der Waals surface area contributed by atoms with Crippen LogP contribution in [0.25, 0.3) is 10.8 Å². The van der Waals surface area contributed by atoms with Gasteiger partial charge in [-0.3, -0.25) is 23.0 Å². The molecular weight excluding hydrogens is 802 g/mol. The van der Waals surface area contributed by atoms with Crippen LogP contribution in [-0.2, 0) is 34.4 Å². The molecule has 0 atom stereocenters. The van der Waals surface area contributed by atoms with Crippen LogP contribution in [0.4, 0.5) is 17.1 Å². The van der Waals surface area contributed by atoms with Crippen LogP contribution in [0.15, 0.2) is 94.7 Å². The number of rotatable bonds is 16. The van der Waals surface area contributed by atoms with E-state index >= 15 is 0 Å². The molecule has 1 aliphatic heterocycles. The number of carbonyl (C=O) groups excluding carboxylic acids is 3. The van der Waals surface area contributed by atoms with Gasteiger partial charge in [-0.2, -0.15) is 0 Å². The van der Waals surface area contributed by atoms with Crippen LogP contribution in [0.3, 0.4) is 0 Å². The van der Waals surface area contributed by atoms with Crippen LogP contribution in [0.1, 0.15) is 13.3 Å². The van der Waals surface area contributed by atoms with Gasteiger partial charge in [0, 0.05) is 55.6 Å². The molecule has 0 aromatic heterocycles. The molecule has 18 heteroatoms. The number of anilines is 3. The predicted octanol–water partition coefficient (Wildman–Crippen LogP) is 2.75. The minimum absolute atomic E-state index is 0. The lowest BCUT2D eigenvalue weighted by Crippen LogP contribution is -2.46. The second-order valence-corrected chi connectivity index (χ2v) is 16.1. The molecule has 15 nitrogen and oxygen atoms in total. The third kappa shape index (κ3) is 9.67. The minimum atomic E-state index is -4.46. The molecule has 5 rings (SSSR count). The molecule has 0 unspecified atom stereocenters. The number of nitrogens with one attached hydrogen (secondary N) is 1. The van der Waals surface area contributed by atoms with E-state index in [1.807, 2.05) is 0 Å². The summed E-state index contributed by atoms with van der Waals surface area (Å²) in [5, 5.41) is 3.30. The van der Waals surface area contributed by atoms with Crippen molar-refractivity contribution in [2.75, 3.05) is 73.4 Å². The molecule has 1 saturated heterocycles. The van der Waals surface area contributed by atoms with Crippen LogP contribution in [-0.4, -0.2) is 104 Å². The molecule has 0 aliphatic carbocycles. The van der Waals surface area contributed by atoms with Crippen LogP contribution >= 0.6 is 17.0 Å². The maximum Gasteiger partial charge on any atom is 0.264 e. The van der Waals surface area contributed by atoms with Gasteiger partial charge >= 0.3 is 0 Å². The van der Waals surface area contributed by atoms with E-state index in [1.54, 1.807) is 24.3 Å². The Balaban J connectivity index is 0.00000650. The van der Waals surface area contributed by atoms with Gasteiger partial charge in [0.1, 0.15) is 18.8 Å². The summed E-state index contributed by atoms with van der Waals surface area (Å²) in [7, 11) is -7.40. The zero-order valence-corrected chi connectivity index (χ0v) is 33.2. The van der Waals surface area contributed by atoms with Crippen LogP contribution in [0, 0.1) is 0 Å². The van der Waals surface area contributed by atoms with Crippen molar-refractivity contribution < 1.29 is 36.0 Å². The van der Waals surface area contributed by atoms with E-state index in [-0.39, 0.29) is 61.2 Å². The number of sulfonamides is 2. The molecule has 0 bridgehead atoms. The normalized spacial score (nSPS) is 13.8. The number of fused-ring (bicyclic) bond motifs is 1. The SMILES string of the molecule is Br.CCN1CCN(CCC(=O)Nc2ccc(S(=O)(=O)N(CC(N)=O)c3ccc(N(CC(N)=O)S(=O)(=O)c4ccc(OC)cc4)c4ccccc34)cc2)CC1. The first-order valence-corrected chi connectivity index (χ1v) is 19.7. The summed E-state index contributed by atoms with van der Waals surface area (Å²) in [5.41, 5.74) is 11.5. The maximum atomic E-state index is 14.2. The number of piperazine rings is 1. The number of amides is 3. The van der Waals surface area contributed by atoms with Gasteiger partial charge in [0.05, 0.1) is 28.3 Å². The van der Waals surface area contributed by atoms with Crippen molar-refractivity contribution in [1.29, 1.82) is 0 Å². The van der Waals surface area contributed by atoms with Gasteiger partial charge < -0.3 is 31.3 Å². The van der Waals surface area contributed by atoms with E-state index in [0.29, 0.717) is 18.0 Å². The van der Waals surface area contributed by atoms with Gasteiger partial charge in [-0.1, -0.05) is 31.2 Å². The first kappa shape index (κ1) is 42.0. The lowest BCUT2D eigenvalue weighted by Gasteiger charge is -2.33. The molecule has 0 saturated carbocycles. The molecule has 4 aromatic carbocycles. The number of likely N-dealkylation sites (N-methyl/N-ethyl adjacent to an activating group) is 1. The van der Waals surface area contributed by atoms with Crippen molar-refractivity contribution in [3.8, 4) is 5.75 Å². The summed E-state index contributed by atoms with van der Waals surface area (Å²) in [6.07, 6.45) is 0.278. The number of halogens is 1. The van der Waals surface area contributed by atoms with Gasteiger partial charge in [-0.05, 0) is 67.2 Å². The van der Waals surface area contributed by atoms with Gasteiger partial charge in [-0.15, -0.1) is 17.0 Å². The number of hydrogen-bond donors (Lipinski definition) is 3. The van der Waals surface area contributed by atoms with E-state index < -0.39 is 45.0 Å². The predicted molar refractivity (Wildman–Crippen MR) is 213 cm³/mol. The fourth-order valence-electron chi connectivity index (χ4n) is 6.11. The van der Waals surface area contributed by atoms with Gasteiger partial charge in [-0.25, -0.2) is 16.8 Å². The number of hydrogen-bond acceptors (Lipinski definition) is 10. The fourth-order valence-corrected chi connectivity index (χ4v) is 9.01.